The van der Waals surface area contributed by atoms with Crippen LogP contribution in [0.5, 0.6) is 0 Å². The van der Waals surface area contributed by atoms with Gasteiger partial charge in [0.15, 0.2) is 0 Å². The summed E-state index contributed by atoms with van der Waals surface area (Å²) in [5.41, 5.74) is 5.70. The largest absolute Gasteiger partial charge is 0.386 e. The van der Waals surface area contributed by atoms with Crippen molar-refractivity contribution in [1.82, 2.24) is 4.98 Å². The highest BCUT2D eigenvalue weighted by atomic mass is 32.3. The molecular weight excluding hydrogens is 431 g/mol. The van der Waals surface area contributed by atoms with E-state index >= 15 is 4.39 Å². The molecule has 8 nitrogen and oxygen atoms in total. The minimum atomic E-state index is -2.64. The Kier molecular flexibility index (Phi) is 5.07. The fourth-order valence-corrected chi connectivity index (χ4v) is 7.01. The summed E-state index contributed by atoms with van der Waals surface area (Å²) in [6, 6.07) is 10.7. The van der Waals surface area contributed by atoms with Crippen LogP contribution in [0.25, 0.3) is 0 Å². The molecule has 2 aliphatic heterocycles. The number of aromatic nitrogens is 1. The highest BCUT2D eigenvalue weighted by molar-refractivity contribution is 8.30. The number of pyridine rings is 1. The molecule has 1 amide bonds. The third kappa shape index (κ3) is 3.16. The molecule has 0 aliphatic carbocycles. The molecule has 1 aromatic heterocycles. The number of amides is 1. The van der Waals surface area contributed by atoms with E-state index in [1.54, 1.807) is 27.0 Å². The zero-order chi connectivity index (χ0) is 23.3. The molecule has 3 heterocycles. The van der Waals surface area contributed by atoms with Crippen LogP contribution in [-0.2, 0) is 5.54 Å². The Bertz CT molecular complexity index is 1210. The molecule has 1 aromatic carbocycles. The van der Waals surface area contributed by atoms with Crippen molar-refractivity contribution in [3.05, 3.63) is 59.0 Å². The van der Waals surface area contributed by atoms with Gasteiger partial charge in [-0.2, -0.15) is 5.26 Å². The van der Waals surface area contributed by atoms with Crippen LogP contribution in [0.4, 0.5) is 10.2 Å². The molecule has 3 atom stereocenters. The Hall–Kier alpha value is -3.29. The smallest absolute Gasteiger partial charge is 0.256 e. The number of anilines is 1. The van der Waals surface area contributed by atoms with E-state index in [9.17, 15) is 9.35 Å². The summed E-state index contributed by atoms with van der Waals surface area (Å²) in [6.07, 6.45) is 2.05. The van der Waals surface area contributed by atoms with Crippen LogP contribution in [0.15, 0.2) is 45.8 Å². The predicted octanol–water partition coefficient (Wildman–Crippen LogP) is 3.74. The SMILES string of the molecule is CC1(C)C(N)=N[C@](C)(c2nc(NC(=O)c3ccc(C#N)cc3)ccc2F)[C@@H]2CC=NS21O. The third-order valence-electron chi connectivity index (χ3n) is 6.14. The molecule has 0 radical (unpaired) electrons. The number of nitrogens with two attached hydrogens (primary N) is 1. The Morgan fingerprint density at radius 2 is 1.97 bits per heavy atom. The highest BCUT2D eigenvalue weighted by Crippen LogP contribution is 2.70. The van der Waals surface area contributed by atoms with Crippen molar-refractivity contribution in [2.75, 3.05) is 5.32 Å². The topological polar surface area (TPSA) is 137 Å². The number of fused-ring (bicyclic) bond motifs is 1. The van der Waals surface area contributed by atoms with Crippen LogP contribution < -0.4 is 11.1 Å². The van der Waals surface area contributed by atoms with Gasteiger partial charge in [0.1, 0.15) is 28.7 Å². The summed E-state index contributed by atoms with van der Waals surface area (Å²) in [5.74, 6) is -0.758. The van der Waals surface area contributed by atoms with Crippen LogP contribution in [0.2, 0.25) is 0 Å². The summed E-state index contributed by atoms with van der Waals surface area (Å²) in [6.45, 7) is 5.26. The van der Waals surface area contributed by atoms with Crippen molar-refractivity contribution in [2.24, 2.45) is 15.1 Å². The number of carbonyl (C=O) groups excluding carboxylic acids is 1. The minimum absolute atomic E-state index is 0.0185. The van der Waals surface area contributed by atoms with E-state index in [4.69, 9.17) is 11.0 Å². The lowest BCUT2D eigenvalue weighted by Crippen LogP contribution is -2.55. The fourth-order valence-electron chi connectivity index (χ4n) is 4.06. The fraction of sp³-hybridized carbons (Fsp3) is 0.318. The molecule has 1 unspecified atom stereocenters. The van der Waals surface area contributed by atoms with E-state index in [0.717, 1.165) is 0 Å². The highest BCUT2D eigenvalue weighted by Gasteiger charge is 2.61. The molecular formula is C22H23FN6O2S. The monoisotopic (exact) mass is 454 g/mol. The van der Waals surface area contributed by atoms with Crippen LogP contribution in [0.1, 0.15) is 48.8 Å². The van der Waals surface area contributed by atoms with Gasteiger partial charge in [0.2, 0.25) is 0 Å². The number of benzene rings is 1. The number of nitriles is 1. The molecule has 0 saturated heterocycles. The van der Waals surface area contributed by atoms with Crippen LogP contribution in [0.3, 0.4) is 0 Å². The first kappa shape index (κ1) is 21.9. The predicted molar refractivity (Wildman–Crippen MR) is 123 cm³/mol. The number of carbonyl (C=O) groups is 1. The average molecular weight is 455 g/mol. The van der Waals surface area contributed by atoms with Gasteiger partial charge in [0.05, 0.1) is 21.6 Å². The quantitative estimate of drug-likeness (QED) is 0.649. The Balaban J connectivity index is 1.72. The van der Waals surface area contributed by atoms with Crippen molar-refractivity contribution >= 4 is 34.3 Å². The molecule has 0 bridgehead atoms. The van der Waals surface area contributed by atoms with Crippen molar-refractivity contribution in [3.8, 4) is 6.07 Å². The van der Waals surface area contributed by atoms with Crippen LogP contribution >= 0.6 is 10.5 Å². The standard InChI is InChI=1S/C22H23FN6O2S/c1-21(2)20(25)29-22(3,16-10-11-26-32(16,21)31)18-15(23)8-9-17(27-18)28-19(30)14-6-4-13(12-24)5-7-14/h4-9,11,16,31H,10H2,1-3H3,(H2,25,29)(H,27,28,30)/t16-,22-/m0/s1. The first-order chi connectivity index (χ1) is 15.0. The van der Waals surface area contributed by atoms with Crippen molar-refractivity contribution in [1.29, 1.82) is 5.26 Å². The second kappa shape index (κ2) is 7.39. The first-order valence-corrected chi connectivity index (χ1v) is 11.6. The average Bonchev–Trinajstić information content (AvgIpc) is 3.18. The van der Waals surface area contributed by atoms with Gasteiger partial charge in [-0.15, -0.1) is 0 Å². The zero-order valence-corrected chi connectivity index (χ0v) is 18.7. The Morgan fingerprint density at radius 1 is 1.28 bits per heavy atom. The van der Waals surface area contributed by atoms with Gasteiger partial charge in [-0.05, 0) is 67.7 Å². The van der Waals surface area contributed by atoms with E-state index in [-0.39, 0.29) is 17.3 Å². The normalized spacial score (nSPS) is 29.9. The van der Waals surface area contributed by atoms with Crippen molar-refractivity contribution < 1.29 is 13.7 Å². The summed E-state index contributed by atoms with van der Waals surface area (Å²) in [5, 5.41) is 11.0. The van der Waals surface area contributed by atoms with E-state index < -0.39 is 37.8 Å². The second-order valence-electron chi connectivity index (χ2n) is 8.43. The third-order valence-corrected chi connectivity index (χ3v) is 9.77. The number of hydrogen-bond donors (Lipinski definition) is 3. The lowest BCUT2D eigenvalue weighted by atomic mass is 9.90. The van der Waals surface area contributed by atoms with Crippen LogP contribution in [-0.4, -0.2) is 37.5 Å². The number of aliphatic imine (C=N–C) groups is 1. The maximum absolute atomic E-state index is 15.0. The molecule has 166 valence electrons. The molecule has 2 aliphatic rings. The maximum Gasteiger partial charge on any atom is 0.256 e. The van der Waals surface area contributed by atoms with E-state index in [1.165, 1.54) is 36.4 Å². The summed E-state index contributed by atoms with van der Waals surface area (Å²) >= 11 is 0. The number of nitrogens with one attached hydrogen (secondary N) is 1. The number of nitrogens with zero attached hydrogens (tertiary/aromatic N) is 4. The van der Waals surface area contributed by atoms with Gasteiger partial charge in [0.25, 0.3) is 5.91 Å². The molecule has 10 heteroatoms. The first-order valence-electron chi connectivity index (χ1n) is 9.95. The van der Waals surface area contributed by atoms with E-state index in [2.05, 4.69) is 19.7 Å². The lowest BCUT2D eigenvalue weighted by Gasteiger charge is -2.54. The number of hydrogen-bond acceptors (Lipinski definition) is 7. The number of rotatable bonds is 3. The zero-order valence-electron chi connectivity index (χ0n) is 17.8. The summed E-state index contributed by atoms with van der Waals surface area (Å²) in [4.78, 5) is 21.6. The van der Waals surface area contributed by atoms with Gasteiger partial charge in [0, 0.05) is 18.2 Å². The molecule has 0 saturated carbocycles. The molecule has 4 rings (SSSR count). The van der Waals surface area contributed by atoms with Gasteiger partial charge in [-0.3, -0.25) is 9.79 Å². The van der Waals surface area contributed by atoms with Gasteiger partial charge in [-0.1, -0.05) is 0 Å². The molecule has 4 N–H and O–H groups in total. The minimum Gasteiger partial charge on any atom is -0.386 e. The van der Waals surface area contributed by atoms with Crippen LogP contribution in [0, 0.1) is 17.1 Å². The molecule has 32 heavy (non-hydrogen) atoms. The van der Waals surface area contributed by atoms with E-state index in [0.29, 0.717) is 17.5 Å². The second-order valence-corrected chi connectivity index (χ2v) is 11.4. The van der Waals surface area contributed by atoms with Crippen molar-refractivity contribution in [2.45, 2.75) is 42.7 Å². The van der Waals surface area contributed by atoms with Gasteiger partial charge in [-0.25, -0.2) is 13.8 Å². The molecule has 0 spiro atoms. The van der Waals surface area contributed by atoms with Gasteiger partial charge < -0.3 is 15.6 Å². The molecule has 2 aromatic rings. The lowest BCUT2D eigenvalue weighted by molar-refractivity contribution is 0.102. The number of amidine groups is 1. The summed E-state index contributed by atoms with van der Waals surface area (Å²) < 4.78 is 30.0. The summed E-state index contributed by atoms with van der Waals surface area (Å²) in [7, 11) is -2.64. The Morgan fingerprint density at radius 3 is 2.62 bits per heavy atom. The molecule has 0 fully saturated rings. The maximum atomic E-state index is 15.0. The van der Waals surface area contributed by atoms with Gasteiger partial charge >= 0.3 is 0 Å². The van der Waals surface area contributed by atoms with E-state index in [1.807, 2.05) is 6.07 Å². The van der Waals surface area contributed by atoms with Crippen molar-refractivity contribution in [3.63, 3.8) is 0 Å². The number of halogens is 1. The Labute approximate surface area is 186 Å².